The number of ether oxygens (including phenoxy) is 7. The Bertz CT molecular complexity index is 1460. The van der Waals surface area contributed by atoms with E-state index in [4.69, 9.17) is 37.6 Å². The van der Waals surface area contributed by atoms with Crippen LogP contribution >= 0.6 is 0 Å². The predicted molar refractivity (Wildman–Crippen MR) is 291 cm³/mol. The monoisotopic (exact) mass is 1070 g/mol. The zero-order valence-electron chi connectivity index (χ0n) is 48.1. The molecule has 0 N–H and O–H groups in total. The zero-order valence-corrected chi connectivity index (χ0v) is 49.1. The van der Waals surface area contributed by atoms with E-state index >= 15 is 0 Å². The third kappa shape index (κ3) is 38.9. The van der Waals surface area contributed by atoms with E-state index in [9.17, 15) is 33.6 Å². The molecule has 0 atom stereocenters. The largest absolute Gasteiger partial charge is 0.466 e. The SMILES string of the molecule is CCCCCCCC(=O)OCCCCCOC(=O)CC(CC(=O)OCCCCCOC(=O)CCCCCCC)(OC(=O)CCN(C)CCO[Si](C)(C)C(C)(C)C)C(=O)OCCCCCOC(=O)CCCCCCC. The minimum absolute atomic E-state index is 0.0207. The van der Waals surface area contributed by atoms with Crippen molar-refractivity contribution in [3.63, 3.8) is 0 Å². The van der Waals surface area contributed by atoms with Crippen LogP contribution in [-0.2, 0) is 71.1 Å². The highest BCUT2D eigenvalue weighted by molar-refractivity contribution is 6.74. The zero-order chi connectivity index (χ0) is 55.4. The Morgan fingerprint density at radius 2 is 0.703 bits per heavy atom. The number of rotatable bonds is 49. The van der Waals surface area contributed by atoms with E-state index < -0.39 is 50.6 Å². The van der Waals surface area contributed by atoms with Gasteiger partial charge in [-0.15, -0.1) is 0 Å². The Kier molecular flexibility index (Phi) is 42.4. The molecular formula is C57H105NO15Si. The third-order valence-corrected chi connectivity index (χ3v) is 17.9. The van der Waals surface area contributed by atoms with Crippen molar-refractivity contribution >= 4 is 50.1 Å². The summed E-state index contributed by atoms with van der Waals surface area (Å²) < 4.78 is 45.1. The number of carbonyl (C=O) groups is 7. The second-order valence-corrected chi connectivity index (χ2v) is 26.2. The third-order valence-electron chi connectivity index (χ3n) is 13.3. The topological polar surface area (TPSA) is 197 Å². The lowest BCUT2D eigenvalue weighted by Gasteiger charge is -2.36. The number of esters is 7. The van der Waals surface area contributed by atoms with Gasteiger partial charge in [0.2, 0.25) is 5.60 Å². The van der Waals surface area contributed by atoms with Crippen LogP contribution in [0.5, 0.6) is 0 Å². The van der Waals surface area contributed by atoms with Gasteiger partial charge >= 0.3 is 41.8 Å². The summed E-state index contributed by atoms with van der Waals surface area (Å²) in [6.07, 6.45) is 19.6. The first-order chi connectivity index (χ1) is 35.3. The van der Waals surface area contributed by atoms with Crippen molar-refractivity contribution in [3.05, 3.63) is 0 Å². The molecule has 0 radical (unpaired) electrons. The van der Waals surface area contributed by atoms with Crippen LogP contribution in [-0.4, -0.2) is 127 Å². The van der Waals surface area contributed by atoms with Gasteiger partial charge < -0.3 is 42.5 Å². The number of carbonyl (C=O) groups excluding carboxylic acids is 7. The van der Waals surface area contributed by atoms with Crippen LogP contribution in [0.25, 0.3) is 0 Å². The molecule has 17 heteroatoms. The highest BCUT2D eigenvalue weighted by Crippen LogP contribution is 2.36. The molecule has 0 rings (SSSR count). The maximum Gasteiger partial charge on any atom is 0.351 e. The van der Waals surface area contributed by atoms with Crippen molar-refractivity contribution < 1.29 is 71.1 Å². The predicted octanol–water partition coefficient (Wildman–Crippen LogP) is 12.2. The van der Waals surface area contributed by atoms with Gasteiger partial charge in [0.25, 0.3) is 0 Å². The van der Waals surface area contributed by atoms with Crippen LogP contribution in [0.15, 0.2) is 0 Å². The number of hydrogen-bond acceptors (Lipinski definition) is 16. The Balaban J connectivity index is 5.87. The quantitative estimate of drug-likeness (QED) is 0.0241. The first kappa shape index (κ1) is 70.4. The van der Waals surface area contributed by atoms with E-state index in [0.29, 0.717) is 90.2 Å². The van der Waals surface area contributed by atoms with Gasteiger partial charge in [-0.2, -0.15) is 0 Å². The Labute approximate surface area is 448 Å². The molecule has 0 saturated heterocycles. The lowest BCUT2D eigenvalue weighted by atomic mass is 9.94. The molecule has 432 valence electrons. The van der Waals surface area contributed by atoms with E-state index in [0.717, 1.165) is 96.3 Å². The summed E-state index contributed by atoms with van der Waals surface area (Å²) in [6, 6.07) is 0. The minimum atomic E-state index is -2.39. The smallest absolute Gasteiger partial charge is 0.351 e. The number of hydrogen-bond donors (Lipinski definition) is 0. The summed E-state index contributed by atoms with van der Waals surface area (Å²) in [5.41, 5.74) is -2.39. The first-order valence-electron chi connectivity index (χ1n) is 28.8. The molecule has 0 unspecified atom stereocenters. The van der Waals surface area contributed by atoms with E-state index in [2.05, 4.69) is 54.6 Å². The molecule has 0 aliphatic rings. The fourth-order valence-electron chi connectivity index (χ4n) is 7.43. The normalized spacial score (nSPS) is 11.8. The summed E-state index contributed by atoms with van der Waals surface area (Å²) in [6.45, 7) is 19.1. The highest BCUT2D eigenvalue weighted by Gasteiger charge is 2.49. The molecule has 74 heavy (non-hydrogen) atoms. The number of likely N-dealkylation sites (N-methyl/N-ethyl adjacent to an activating group) is 1. The van der Waals surface area contributed by atoms with Gasteiger partial charge in [-0.1, -0.05) is 119 Å². The van der Waals surface area contributed by atoms with Gasteiger partial charge in [-0.3, -0.25) is 28.8 Å². The Hall–Kier alpha value is -3.57. The molecule has 0 aliphatic heterocycles. The second kappa shape index (κ2) is 44.5. The van der Waals surface area contributed by atoms with Gasteiger partial charge in [-0.25, -0.2) is 4.79 Å². The fraction of sp³-hybridized carbons (Fsp3) is 0.877. The van der Waals surface area contributed by atoms with Crippen LogP contribution in [0.1, 0.15) is 234 Å². The molecule has 0 aliphatic carbocycles. The van der Waals surface area contributed by atoms with Crippen molar-refractivity contribution in [1.29, 1.82) is 0 Å². The summed E-state index contributed by atoms with van der Waals surface area (Å²) in [4.78, 5) is 93.4. The summed E-state index contributed by atoms with van der Waals surface area (Å²) in [7, 11) is -0.159. The van der Waals surface area contributed by atoms with Gasteiger partial charge in [0.15, 0.2) is 8.32 Å². The maximum atomic E-state index is 14.2. The highest BCUT2D eigenvalue weighted by atomic mass is 28.4. The molecule has 0 heterocycles. The van der Waals surface area contributed by atoms with Crippen molar-refractivity contribution in [2.24, 2.45) is 0 Å². The average molecular weight is 1070 g/mol. The van der Waals surface area contributed by atoms with E-state index in [1.807, 2.05) is 11.9 Å². The van der Waals surface area contributed by atoms with Gasteiger partial charge in [0.05, 0.1) is 58.9 Å². The minimum Gasteiger partial charge on any atom is -0.466 e. The molecular weight excluding hydrogens is 967 g/mol. The lowest BCUT2D eigenvalue weighted by Crippen LogP contribution is -2.49. The average Bonchev–Trinajstić information content (AvgIpc) is 3.34. The molecule has 0 aromatic rings. The maximum absolute atomic E-state index is 14.2. The molecule has 16 nitrogen and oxygen atoms in total. The second-order valence-electron chi connectivity index (χ2n) is 21.4. The Morgan fingerprint density at radius 3 is 1.05 bits per heavy atom. The number of unbranched alkanes of at least 4 members (excludes halogenated alkanes) is 18. The van der Waals surface area contributed by atoms with Crippen molar-refractivity contribution in [2.45, 2.75) is 258 Å². The summed E-state index contributed by atoms with van der Waals surface area (Å²) >= 11 is 0. The van der Waals surface area contributed by atoms with Crippen LogP contribution in [0.4, 0.5) is 0 Å². The molecule has 0 spiro atoms. The summed E-state index contributed by atoms with van der Waals surface area (Å²) in [5.74, 6) is -4.34. The molecule has 0 saturated carbocycles. The van der Waals surface area contributed by atoms with E-state index in [1.54, 1.807) is 0 Å². The van der Waals surface area contributed by atoms with Crippen molar-refractivity contribution in [2.75, 3.05) is 66.4 Å². The number of nitrogens with zero attached hydrogens (tertiary/aromatic N) is 1. The molecule has 0 amide bonds. The van der Waals surface area contributed by atoms with Gasteiger partial charge in [-0.05, 0) is 102 Å². The van der Waals surface area contributed by atoms with Crippen LogP contribution < -0.4 is 0 Å². The van der Waals surface area contributed by atoms with E-state index in [-0.39, 0.29) is 75.6 Å². The first-order valence-corrected chi connectivity index (χ1v) is 31.7. The molecule has 0 aromatic carbocycles. The fourth-order valence-corrected chi connectivity index (χ4v) is 8.46. The Morgan fingerprint density at radius 1 is 0.378 bits per heavy atom. The van der Waals surface area contributed by atoms with Gasteiger partial charge in [0.1, 0.15) is 0 Å². The van der Waals surface area contributed by atoms with Crippen LogP contribution in [0, 0.1) is 0 Å². The standard InChI is InChI=1S/C57H105NO15Si/c1-10-13-16-19-25-34-49(59)66-40-28-22-31-43-69-53(63)47-57(73-52(62)37-38-58(7)39-46-72-74(8,9)56(4,5)6,55(65)71-45-33-24-30-42-68-51(61)36-27-21-18-15-12-3)48-54(64)70-44-32-23-29-41-67-50(60)35-26-20-17-14-11-2/h10-48H2,1-9H3. The van der Waals surface area contributed by atoms with Crippen molar-refractivity contribution in [1.82, 2.24) is 4.90 Å². The summed E-state index contributed by atoms with van der Waals surface area (Å²) in [5, 5.41) is 0.0317. The molecule has 0 bridgehead atoms. The molecule has 0 fully saturated rings. The van der Waals surface area contributed by atoms with E-state index in [1.165, 1.54) is 0 Å². The van der Waals surface area contributed by atoms with Crippen LogP contribution in [0.3, 0.4) is 0 Å². The lowest BCUT2D eigenvalue weighted by molar-refractivity contribution is -0.191. The van der Waals surface area contributed by atoms with Gasteiger partial charge in [0, 0.05) is 39.0 Å². The van der Waals surface area contributed by atoms with Crippen LogP contribution in [0.2, 0.25) is 18.1 Å². The molecule has 0 aromatic heterocycles. The van der Waals surface area contributed by atoms with Crippen molar-refractivity contribution in [3.8, 4) is 0 Å².